The molecule has 0 saturated heterocycles. The van der Waals surface area contributed by atoms with E-state index in [0.717, 1.165) is 12.0 Å². The van der Waals surface area contributed by atoms with Crippen molar-refractivity contribution in [1.82, 2.24) is 0 Å². The van der Waals surface area contributed by atoms with E-state index in [4.69, 9.17) is 4.74 Å². The van der Waals surface area contributed by atoms with Crippen LogP contribution in [0, 0.1) is 5.82 Å². The Kier molecular flexibility index (Phi) is 7.32. The van der Waals surface area contributed by atoms with E-state index in [0.29, 0.717) is 13.2 Å². The molecule has 0 bridgehead atoms. The van der Waals surface area contributed by atoms with Gasteiger partial charge in [-0.1, -0.05) is 44.1 Å². The van der Waals surface area contributed by atoms with Crippen LogP contribution in [0.2, 0.25) is 0 Å². The molecule has 1 aromatic rings. The molecule has 17 heavy (non-hydrogen) atoms. The molecule has 1 rings (SSSR count). The average molecular weight is 236 g/mol. The summed E-state index contributed by atoms with van der Waals surface area (Å²) in [5, 5.41) is 0. The van der Waals surface area contributed by atoms with Gasteiger partial charge >= 0.3 is 0 Å². The maximum Gasteiger partial charge on any atom is 0.123 e. The van der Waals surface area contributed by atoms with Gasteiger partial charge in [0.2, 0.25) is 0 Å². The third-order valence-corrected chi connectivity index (χ3v) is 2.54. The summed E-state index contributed by atoms with van der Waals surface area (Å²) in [6, 6.07) is 6.42. The highest BCUT2D eigenvalue weighted by molar-refractivity contribution is 5.14. The summed E-state index contributed by atoms with van der Waals surface area (Å²) >= 11 is 0. The molecular formula is C15H21FO. The molecule has 2 heteroatoms. The van der Waals surface area contributed by atoms with Gasteiger partial charge in [-0.05, 0) is 30.5 Å². The second-order valence-corrected chi connectivity index (χ2v) is 4.11. The third kappa shape index (κ3) is 6.90. The third-order valence-electron chi connectivity index (χ3n) is 2.54. The lowest BCUT2D eigenvalue weighted by molar-refractivity contribution is 0.148. The Morgan fingerprint density at radius 1 is 1.12 bits per heavy atom. The fraction of sp³-hybridized carbons (Fsp3) is 0.467. The molecule has 0 heterocycles. The Labute approximate surface area is 103 Å². The molecule has 0 radical (unpaired) electrons. The molecule has 0 amide bonds. The molecule has 0 fully saturated rings. The maximum absolute atomic E-state index is 12.6. The summed E-state index contributed by atoms with van der Waals surface area (Å²) in [5.74, 6) is -0.204. The minimum atomic E-state index is -0.204. The van der Waals surface area contributed by atoms with Crippen LogP contribution in [0.1, 0.15) is 38.2 Å². The number of ether oxygens (including phenoxy) is 1. The van der Waals surface area contributed by atoms with Gasteiger partial charge in [0.15, 0.2) is 0 Å². The molecule has 1 nitrogen and oxygen atoms in total. The number of rotatable bonds is 8. The molecule has 0 atom stereocenters. The lowest BCUT2D eigenvalue weighted by Gasteiger charge is -2.01. The predicted molar refractivity (Wildman–Crippen MR) is 69.3 cm³/mol. The smallest absolute Gasteiger partial charge is 0.123 e. The molecule has 0 spiro atoms. The molecule has 0 unspecified atom stereocenters. The Bertz CT molecular complexity index is 316. The second kappa shape index (κ2) is 8.94. The molecule has 94 valence electrons. The van der Waals surface area contributed by atoms with E-state index in [1.807, 2.05) is 0 Å². The van der Waals surface area contributed by atoms with Gasteiger partial charge in [0.1, 0.15) is 5.82 Å². The monoisotopic (exact) mass is 236 g/mol. The number of benzene rings is 1. The zero-order valence-corrected chi connectivity index (χ0v) is 10.5. The van der Waals surface area contributed by atoms with Crippen LogP contribution in [0.25, 0.3) is 0 Å². The second-order valence-electron chi connectivity index (χ2n) is 4.11. The zero-order chi connectivity index (χ0) is 12.3. The van der Waals surface area contributed by atoms with Crippen molar-refractivity contribution < 1.29 is 9.13 Å². The van der Waals surface area contributed by atoms with Gasteiger partial charge in [0.25, 0.3) is 0 Å². The quantitative estimate of drug-likeness (QED) is 0.477. The van der Waals surface area contributed by atoms with Crippen molar-refractivity contribution >= 4 is 0 Å². The van der Waals surface area contributed by atoms with Gasteiger partial charge in [-0.15, -0.1) is 0 Å². The summed E-state index contributed by atoms with van der Waals surface area (Å²) in [5.41, 5.74) is 1.01. The standard InChI is InChI=1S/C15H21FO/c1-2-3-4-5-6-7-12-17-13-14-8-10-15(16)11-9-14/h6-11H,2-5,12-13H2,1H3/b7-6+. The van der Waals surface area contributed by atoms with E-state index in [-0.39, 0.29) is 5.82 Å². The minimum absolute atomic E-state index is 0.204. The molecule has 0 aliphatic carbocycles. The van der Waals surface area contributed by atoms with Crippen molar-refractivity contribution in [2.45, 2.75) is 39.2 Å². The Morgan fingerprint density at radius 2 is 1.88 bits per heavy atom. The molecular weight excluding hydrogens is 215 g/mol. The van der Waals surface area contributed by atoms with Crippen LogP contribution in [-0.4, -0.2) is 6.61 Å². The van der Waals surface area contributed by atoms with Gasteiger partial charge in [-0.3, -0.25) is 0 Å². The minimum Gasteiger partial charge on any atom is -0.373 e. The highest BCUT2D eigenvalue weighted by atomic mass is 19.1. The van der Waals surface area contributed by atoms with E-state index < -0.39 is 0 Å². The van der Waals surface area contributed by atoms with Gasteiger partial charge < -0.3 is 4.74 Å². The SMILES string of the molecule is CCCCC/C=C/COCc1ccc(F)cc1. The van der Waals surface area contributed by atoms with E-state index in [1.54, 1.807) is 12.1 Å². The maximum atomic E-state index is 12.6. The van der Waals surface area contributed by atoms with E-state index in [1.165, 1.54) is 31.4 Å². The van der Waals surface area contributed by atoms with Crippen LogP contribution >= 0.6 is 0 Å². The summed E-state index contributed by atoms with van der Waals surface area (Å²) < 4.78 is 18.1. The summed E-state index contributed by atoms with van der Waals surface area (Å²) in [4.78, 5) is 0. The van der Waals surface area contributed by atoms with E-state index in [2.05, 4.69) is 19.1 Å². The first-order valence-corrected chi connectivity index (χ1v) is 6.30. The van der Waals surface area contributed by atoms with Gasteiger partial charge in [-0.2, -0.15) is 0 Å². The van der Waals surface area contributed by atoms with Crippen LogP contribution in [0.4, 0.5) is 4.39 Å². The van der Waals surface area contributed by atoms with Crippen molar-refractivity contribution in [2.24, 2.45) is 0 Å². The van der Waals surface area contributed by atoms with Gasteiger partial charge in [-0.25, -0.2) is 4.39 Å². The largest absolute Gasteiger partial charge is 0.373 e. The Balaban J connectivity index is 2.05. The Morgan fingerprint density at radius 3 is 2.59 bits per heavy atom. The molecule has 0 N–H and O–H groups in total. The number of hydrogen-bond donors (Lipinski definition) is 0. The molecule has 0 aliphatic heterocycles. The van der Waals surface area contributed by atoms with Crippen LogP contribution < -0.4 is 0 Å². The van der Waals surface area contributed by atoms with Crippen molar-refractivity contribution in [3.8, 4) is 0 Å². The van der Waals surface area contributed by atoms with Crippen molar-refractivity contribution in [1.29, 1.82) is 0 Å². The first-order chi connectivity index (χ1) is 8.33. The highest BCUT2D eigenvalue weighted by Gasteiger charge is 1.92. The van der Waals surface area contributed by atoms with Gasteiger partial charge in [0.05, 0.1) is 13.2 Å². The lowest BCUT2D eigenvalue weighted by Crippen LogP contribution is -1.92. The van der Waals surface area contributed by atoms with Crippen molar-refractivity contribution in [3.63, 3.8) is 0 Å². The van der Waals surface area contributed by atoms with Crippen LogP contribution in [0.3, 0.4) is 0 Å². The molecule has 0 aromatic heterocycles. The zero-order valence-electron chi connectivity index (χ0n) is 10.5. The summed E-state index contributed by atoms with van der Waals surface area (Å²) in [7, 11) is 0. The number of unbranched alkanes of at least 4 members (excludes halogenated alkanes) is 3. The first kappa shape index (κ1) is 13.9. The number of hydrogen-bond acceptors (Lipinski definition) is 1. The van der Waals surface area contributed by atoms with Crippen LogP contribution in [0.5, 0.6) is 0 Å². The average Bonchev–Trinajstić information content (AvgIpc) is 2.35. The summed E-state index contributed by atoms with van der Waals surface area (Å²) in [6.07, 6.45) is 9.16. The topological polar surface area (TPSA) is 9.23 Å². The van der Waals surface area contributed by atoms with Crippen molar-refractivity contribution in [3.05, 3.63) is 47.8 Å². The fourth-order valence-electron chi connectivity index (χ4n) is 1.52. The molecule has 0 saturated carbocycles. The van der Waals surface area contributed by atoms with E-state index >= 15 is 0 Å². The molecule has 0 aliphatic rings. The fourth-order valence-corrected chi connectivity index (χ4v) is 1.52. The van der Waals surface area contributed by atoms with E-state index in [9.17, 15) is 4.39 Å². The highest BCUT2D eigenvalue weighted by Crippen LogP contribution is 2.04. The van der Waals surface area contributed by atoms with Crippen molar-refractivity contribution in [2.75, 3.05) is 6.61 Å². The normalized spacial score (nSPS) is 11.2. The Hall–Kier alpha value is -1.15. The first-order valence-electron chi connectivity index (χ1n) is 6.30. The number of halogens is 1. The van der Waals surface area contributed by atoms with Crippen LogP contribution in [0.15, 0.2) is 36.4 Å². The number of allylic oxidation sites excluding steroid dienone is 1. The summed E-state index contributed by atoms with van der Waals surface area (Å²) in [6.45, 7) is 3.37. The lowest BCUT2D eigenvalue weighted by atomic mass is 10.2. The van der Waals surface area contributed by atoms with Crippen LogP contribution in [-0.2, 0) is 11.3 Å². The molecule has 1 aromatic carbocycles. The van der Waals surface area contributed by atoms with Gasteiger partial charge in [0, 0.05) is 0 Å². The predicted octanol–water partition coefficient (Wildman–Crippen LogP) is 4.48.